The topological polar surface area (TPSA) is 35.5 Å². The van der Waals surface area contributed by atoms with Crippen LogP contribution in [0.4, 0.5) is 14.5 Å². The lowest BCUT2D eigenvalue weighted by Crippen LogP contribution is -2.37. The number of hydrogen-bond acceptors (Lipinski definition) is 3. The molecule has 1 saturated heterocycles. The van der Waals surface area contributed by atoms with Crippen LogP contribution in [0.3, 0.4) is 0 Å². The summed E-state index contributed by atoms with van der Waals surface area (Å²) in [5.41, 5.74) is 0.524. The largest absolute Gasteiger partial charge is 0.393 e. The van der Waals surface area contributed by atoms with Gasteiger partial charge in [-0.3, -0.25) is 0 Å². The minimum absolute atomic E-state index is 0.0291. The summed E-state index contributed by atoms with van der Waals surface area (Å²) < 4.78 is 28.5. The molecule has 0 bridgehead atoms. The zero-order valence-corrected chi connectivity index (χ0v) is 12.9. The molecule has 0 spiro atoms. The van der Waals surface area contributed by atoms with Crippen LogP contribution in [0.2, 0.25) is 0 Å². The molecule has 3 nitrogen and oxygen atoms in total. The first-order chi connectivity index (χ1) is 9.76. The highest BCUT2D eigenvalue weighted by atomic mass is 19.1. The molecule has 0 atom stereocenters. The Bertz CT molecular complexity index is 469. The van der Waals surface area contributed by atoms with Crippen molar-refractivity contribution in [3.63, 3.8) is 0 Å². The van der Waals surface area contributed by atoms with Crippen LogP contribution in [-0.4, -0.2) is 29.8 Å². The molecule has 1 aromatic carbocycles. The molecule has 2 N–H and O–H groups in total. The Morgan fingerprint density at radius 3 is 2.19 bits per heavy atom. The van der Waals surface area contributed by atoms with Crippen LogP contribution in [0, 0.1) is 11.6 Å². The molecule has 21 heavy (non-hydrogen) atoms. The van der Waals surface area contributed by atoms with Gasteiger partial charge >= 0.3 is 0 Å². The molecule has 1 aliphatic rings. The third-order valence-electron chi connectivity index (χ3n) is 3.68. The van der Waals surface area contributed by atoms with Gasteiger partial charge in [-0.1, -0.05) is 0 Å². The van der Waals surface area contributed by atoms with E-state index in [2.05, 4.69) is 5.32 Å². The minimum Gasteiger partial charge on any atom is -0.393 e. The number of halogens is 2. The van der Waals surface area contributed by atoms with Crippen molar-refractivity contribution in [3.05, 3.63) is 29.3 Å². The predicted octanol–water partition coefficient (Wildman–Crippen LogP) is 2.81. The van der Waals surface area contributed by atoms with Gasteiger partial charge in [0.15, 0.2) is 0 Å². The second kappa shape index (κ2) is 6.28. The summed E-state index contributed by atoms with van der Waals surface area (Å²) in [5.74, 6) is -1.06. The summed E-state index contributed by atoms with van der Waals surface area (Å²) in [5, 5.41) is 12.7. The van der Waals surface area contributed by atoms with E-state index in [1.54, 1.807) is 4.90 Å². The van der Waals surface area contributed by atoms with Gasteiger partial charge in [-0.05, 0) is 51.3 Å². The first-order valence-corrected chi connectivity index (χ1v) is 7.42. The SMILES string of the molecule is CC(C)(C)NCc1cc(F)c(N2CCC(O)CC2)c(F)c1. The van der Waals surface area contributed by atoms with Crippen LogP contribution in [0.5, 0.6) is 0 Å². The lowest BCUT2D eigenvalue weighted by atomic mass is 10.1. The average Bonchev–Trinajstić information content (AvgIpc) is 2.37. The fourth-order valence-corrected chi connectivity index (χ4v) is 2.48. The number of nitrogens with one attached hydrogen (secondary N) is 1. The summed E-state index contributed by atoms with van der Waals surface area (Å²) in [6.07, 6.45) is 0.737. The monoisotopic (exact) mass is 298 g/mol. The molecular weight excluding hydrogens is 274 g/mol. The third kappa shape index (κ3) is 4.38. The van der Waals surface area contributed by atoms with Gasteiger partial charge in [-0.15, -0.1) is 0 Å². The van der Waals surface area contributed by atoms with Crippen molar-refractivity contribution in [2.75, 3.05) is 18.0 Å². The van der Waals surface area contributed by atoms with E-state index in [1.807, 2.05) is 20.8 Å². The van der Waals surface area contributed by atoms with Crippen LogP contribution in [0.1, 0.15) is 39.2 Å². The highest BCUT2D eigenvalue weighted by Crippen LogP contribution is 2.28. The molecule has 0 unspecified atom stereocenters. The van der Waals surface area contributed by atoms with Crippen molar-refractivity contribution >= 4 is 5.69 Å². The number of hydrogen-bond donors (Lipinski definition) is 2. The quantitative estimate of drug-likeness (QED) is 0.901. The van der Waals surface area contributed by atoms with Crippen molar-refractivity contribution < 1.29 is 13.9 Å². The Morgan fingerprint density at radius 1 is 1.19 bits per heavy atom. The number of nitrogens with zero attached hydrogens (tertiary/aromatic N) is 1. The maximum absolute atomic E-state index is 14.2. The molecule has 1 heterocycles. The molecule has 1 fully saturated rings. The fourth-order valence-electron chi connectivity index (χ4n) is 2.48. The minimum atomic E-state index is -0.530. The molecule has 2 rings (SSSR count). The number of aliphatic hydroxyl groups excluding tert-OH is 1. The normalized spacial score (nSPS) is 17.3. The molecular formula is C16H24F2N2O. The van der Waals surface area contributed by atoms with Crippen LogP contribution < -0.4 is 10.2 Å². The van der Waals surface area contributed by atoms with Crippen LogP contribution in [0.15, 0.2) is 12.1 Å². The first-order valence-electron chi connectivity index (χ1n) is 7.42. The highest BCUT2D eigenvalue weighted by Gasteiger charge is 2.23. The van der Waals surface area contributed by atoms with Crippen LogP contribution in [-0.2, 0) is 6.54 Å². The standard InChI is InChI=1S/C16H24F2N2O/c1-16(2,3)19-10-11-8-13(17)15(14(18)9-11)20-6-4-12(21)5-7-20/h8-9,12,19,21H,4-7,10H2,1-3H3. The molecule has 0 radical (unpaired) electrons. The Kier molecular flexibility index (Phi) is 4.84. The van der Waals surface area contributed by atoms with Gasteiger partial charge in [-0.2, -0.15) is 0 Å². The summed E-state index contributed by atoms with van der Waals surface area (Å²) in [6, 6.07) is 2.78. The van der Waals surface area contributed by atoms with E-state index in [9.17, 15) is 13.9 Å². The summed E-state index contributed by atoms with van der Waals surface area (Å²) in [7, 11) is 0. The van der Waals surface area contributed by atoms with Crippen LogP contribution >= 0.6 is 0 Å². The smallest absolute Gasteiger partial charge is 0.149 e. The van der Waals surface area contributed by atoms with Crippen molar-refractivity contribution in [1.82, 2.24) is 5.32 Å². The maximum atomic E-state index is 14.2. The van der Waals surface area contributed by atoms with Gasteiger partial charge in [-0.25, -0.2) is 8.78 Å². The number of aliphatic hydroxyl groups is 1. The Morgan fingerprint density at radius 2 is 1.71 bits per heavy atom. The van der Waals surface area contributed by atoms with E-state index in [0.29, 0.717) is 38.0 Å². The number of anilines is 1. The first kappa shape index (κ1) is 16.2. The molecule has 118 valence electrons. The lowest BCUT2D eigenvalue weighted by molar-refractivity contribution is 0.145. The van der Waals surface area contributed by atoms with Crippen molar-refractivity contribution in [1.29, 1.82) is 0 Å². The second-order valence-corrected chi connectivity index (χ2v) is 6.73. The number of benzene rings is 1. The average molecular weight is 298 g/mol. The summed E-state index contributed by atoms with van der Waals surface area (Å²) in [6.45, 7) is 7.41. The molecule has 0 saturated carbocycles. The van der Waals surface area contributed by atoms with E-state index in [-0.39, 0.29) is 17.3 Å². The number of rotatable bonds is 3. The van der Waals surface area contributed by atoms with Crippen molar-refractivity contribution in [3.8, 4) is 0 Å². The molecule has 0 aliphatic carbocycles. The van der Waals surface area contributed by atoms with Gasteiger partial charge in [0.05, 0.1) is 6.10 Å². The van der Waals surface area contributed by atoms with Crippen molar-refractivity contribution in [2.24, 2.45) is 0 Å². The van der Waals surface area contributed by atoms with E-state index < -0.39 is 11.6 Å². The van der Waals surface area contributed by atoms with E-state index >= 15 is 0 Å². The van der Waals surface area contributed by atoms with Crippen LogP contribution in [0.25, 0.3) is 0 Å². The van der Waals surface area contributed by atoms with E-state index in [4.69, 9.17) is 0 Å². The molecule has 5 heteroatoms. The fraction of sp³-hybridized carbons (Fsp3) is 0.625. The Labute approximate surface area is 125 Å². The predicted molar refractivity (Wildman–Crippen MR) is 80.4 cm³/mol. The molecule has 1 aromatic rings. The van der Waals surface area contributed by atoms with Crippen molar-refractivity contribution in [2.45, 2.75) is 51.8 Å². The van der Waals surface area contributed by atoms with E-state index in [0.717, 1.165) is 0 Å². The van der Waals surface area contributed by atoms with Gasteiger partial charge in [0.1, 0.15) is 17.3 Å². The van der Waals surface area contributed by atoms with E-state index in [1.165, 1.54) is 12.1 Å². The highest BCUT2D eigenvalue weighted by molar-refractivity contribution is 5.51. The number of piperidine rings is 1. The summed E-state index contributed by atoms with van der Waals surface area (Å²) in [4.78, 5) is 1.68. The Hall–Kier alpha value is -1.20. The van der Waals surface area contributed by atoms with Gasteiger partial charge in [0.25, 0.3) is 0 Å². The maximum Gasteiger partial charge on any atom is 0.149 e. The molecule has 0 aromatic heterocycles. The zero-order chi connectivity index (χ0) is 15.6. The summed E-state index contributed by atoms with van der Waals surface area (Å²) >= 11 is 0. The molecule has 0 amide bonds. The second-order valence-electron chi connectivity index (χ2n) is 6.73. The molecule has 1 aliphatic heterocycles. The van der Waals surface area contributed by atoms with Gasteiger partial charge in [0, 0.05) is 25.2 Å². The van der Waals surface area contributed by atoms with Gasteiger partial charge in [0.2, 0.25) is 0 Å². The third-order valence-corrected chi connectivity index (χ3v) is 3.68. The van der Waals surface area contributed by atoms with Gasteiger partial charge < -0.3 is 15.3 Å². The zero-order valence-electron chi connectivity index (χ0n) is 12.9. The Balaban J connectivity index is 2.14. The lowest BCUT2D eigenvalue weighted by Gasteiger charge is -2.32.